The second kappa shape index (κ2) is 10.0. The minimum absolute atomic E-state index is 0.0479. The molecular formula is C25H31N9O2. The van der Waals surface area contributed by atoms with E-state index in [9.17, 15) is 10.1 Å². The van der Waals surface area contributed by atoms with E-state index in [0.717, 1.165) is 31.6 Å². The molecule has 0 aromatic carbocycles. The SMILES string of the molecule is CC(C)OC1(C#N)C=CC=NC1c1cnc(N)c(C(=O)Nc2ncccc2N2CCC(C)(N)CC2)n1. The Morgan fingerprint density at radius 3 is 2.78 bits per heavy atom. The zero-order valence-electron chi connectivity index (χ0n) is 20.7. The van der Waals surface area contributed by atoms with Crippen LogP contribution in [0.3, 0.4) is 0 Å². The molecule has 5 N–H and O–H groups in total. The summed E-state index contributed by atoms with van der Waals surface area (Å²) in [5, 5.41) is 12.8. The number of nitrogen functional groups attached to an aromatic ring is 1. The molecule has 188 valence electrons. The van der Waals surface area contributed by atoms with Crippen LogP contribution in [0.15, 0.2) is 41.7 Å². The third-order valence-corrected chi connectivity index (χ3v) is 6.26. The molecule has 0 spiro atoms. The molecule has 2 aromatic heterocycles. The molecule has 2 unspecified atom stereocenters. The number of carbonyl (C=O) groups is 1. The van der Waals surface area contributed by atoms with E-state index in [-0.39, 0.29) is 28.8 Å². The van der Waals surface area contributed by atoms with Gasteiger partial charge in [0.1, 0.15) is 12.1 Å². The number of aromatic nitrogens is 3. The number of nitrogens with two attached hydrogens (primary N) is 2. The van der Waals surface area contributed by atoms with Crippen molar-refractivity contribution < 1.29 is 9.53 Å². The highest BCUT2D eigenvalue weighted by Crippen LogP contribution is 2.36. The summed E-state index contributed by atoms with van der Waals surface area (Å²) in [7, 11) is 0. The molecule has 0 radical (unpaired) electrons. The van der Waals surface area contributed by atoms with Crippen molar-refractivity contribution in [2.75, 3.05) is 29.0 Å². The lowest BCUT2D eigenvalue weighted by atomic mass is 9.90. The molecule has 2 aromatic rings. The number of anilines is 3. The van der Waals surface area contributed by atoms with Crippen LogP contribution in [0, 0.1) is 11.3 Å². The summed E-state index contributed by atoms with van der Waals surface area (Å²) in [6.45, 7) is 7.20. The van der Waals surface area contributed by atoms with Crippen molar-refractivity contribution in [1.29, 1.82) is 5.26 Å². The second-order valence-electron chi connectivity index (χ2n) is 9.63. The number of nitriles is 1. The third-order valence-electron chi connectivity index (χ3n) is 6.26. The normalized spacial score (nSPS) is 22.9. The van der Waals surface area contributed by atoms with Crippen LogP contribution in [0.2, 0.25) is 0 Å². The Kier molecular flexibility index (Phi) is 7.01. The molecule has 0 aliphatic carbocycles. The summed E-state index contributed by atoms with van der Waals surface area (Å²) >= 11 is 0. The van der Waals surface area contributed by atoms with Gasteiger partial charge in [0.05, 0.1) is 23.7 Å². The minimum atomic E-state index is -1.39. The van der Waals surface area contributed by atoms with Crippen molar-refractivity contribution >= 4 is 29.4 Å². The minimum Gasteiger partial charge on any atom is -0.382 e. The van der Waals surface area contributed by atoms with Crippen molar-refractivity contribution in [2.45, 2.75) is 56.9 Å². The highest BCUT2D eigenvalue weighted by atomic mass is 16.5. The Morgan fingerprint density at radius 2 is 2.08 bits per heavy atom. The summed E-state index contributed by atoms with van der Waals surface area (Å²) in [4.78, 5) is 32.9. The van der Waals surface area contributed by atoms with Crippen LogP contribution in [0.25, 0.3) is 0 Å². The largest absolute Gasteiger partial charge is 0.382 e. The Labute approximate surface area is 210 Å². The summed E-state index contributed by atoms with van der Waals surface area (Å²) in [5.74, 6) is -0.221. The Bertz CT molecular complexity index is 1220. The Hall–Kier alpha value is -3.88. The van der Waals surface area contributed by atoms with Gasteiger partial charge in [-0.15, -0.1) is 0 Å². The van der Waals surface area contributed by atoms with Crippen LogP contribution in [0.4, 0.5) is 17.3 Å². The number of hydrogen-bond acceptors (Lipinski definition) is 10. The number of nitrogens with zero attached hydrogens (tertiary/aromatic N) is 6. The molecule has 11 nitrogen and oxygen atoms in total. The zero-order chi connectivity index (χ0) is 25.9. The van der Waals surface area contributed by atoms with E-state index in [1.54, 1.807) is 24.6 Å². The fraction of sp³-hybridized carbons (Fsp3) is 0.440. The fourth-order valence-electron chi connectivity index (χ4n) is 4.32. The molecule has 1 saturated heterocycles. The summed E-state index contributed by atoms with van der Waals surface area (Å²) < 4.78 is 5.93. The number of rotatable bonds is 6. The van der Waals surface area contributed by atoms with E-state index < -0.39 is 17.6 Å². The Balaban J connectivity index is 1.61. The molecule has 36 heavy (non-hydrogen) atoms. The molecule has 4 rings (SSSR count). The first-order chi connectivity index (χ1) is 17.1. The second-order valence-corrected chi connectivity index (χ2v) is 9.63. The number of allylic oxidation sites excluding steroid dienone is 1. The van der Waals surface area contributed by atoms with Crippen molar-refractivity contribution in [3.63, 3.8) is 0 Å². The molecule has 4 heterocycles. The molecule has 2 aliphatic rings. The van der Waals surface area contributed by atoms with E-state index in [1.165, 1.54) is 6.20 Å². The highest BCUT2D eigenvalue weighted by Gasteiger charge is 2.42. The third kappa shape index (κ3) is 5.19. The van der Waals surface area contributed by atoms with Crippen LogP contribution in [-0.2, 0) is 4.74 Å². The molecule has 0 saturated carbocycles. The van der Waals surface area contributed by atoms with Crippen LogP contribution in [0.5, 0.6) is 0 Å². The number of nitrogens with one attached hydrogen (secondary N) is 1. The average Bonchev–Trinajstić information content (AvgIpc) is 2.85. The number of ether oxygens (including phenoxy) is 1. The smallest absolute Gasteiger partial charge is 0.279 e. The zero-order valence-corrected chi connectivity index (χ0v) is 20.7. The van der Waals surface area contributed by atoms with Crippen molar-refractivity contribution in [3.05, 3.63) is 48.1 Å². The van der Waals surface area contributed by atoms with E-state index in [2.05, 4.69) is 36.2 Å². The van der Waals surface area contributed by atoms with Gasteiger partial charge < -0.3 is 26.4 Å². The van der Waals surface area contributed by atoms with Crippen LogP contribution >= 0.6 is 0 Å². The first kappa shape index (κ1) is 25.2. The standard InChI is InChI=1S/C25H31N9O2/c1-16(2)36-25(15-26)7-5-11-29-20(25)17-14-31-21(27)19(32-17)23(35)33-22-18(6-4-10-30-22)34-12-8-24(3,28)9-13-34/h4-7,10-11,14,16,20H,8-9,12-13,28H2,1-3H3,(H2,27,31)(H,30,33,35). The summed E-state index contributed by atoms with van der Waals surface area (Å²) in [6.07, 6.45) is 9.26. The van der Waals surface area contributed by atoms with Crippen LogP contribution in [0.1, 0.15) is 55.8 Å². The number of dihydropyridines is 1. The van der Waals surface area contributed by atoms with Crippen molar-refractivity contribution in [3.8, 4) is 6.07 Å². The van der Waals surface area contributed by atoms with Gasteiger partial charge in [-0.2, -0.15) is 5.26 Å². The number of carbonyl (C=O) groups excluding carboxylic acids is 1. The monoisotopic (exact) mass is 489 g/mol. The van der Waals surface area contributed by atoms with Gasteiger partial charge in [0, 0.05) is 31.0 Å². The number of aliphatic imine (C=N–C) groups is 1. The predicted octanol–water partition coefficient (Wildman–Crippen LogP) is 2.39. The lowest BCUT2D eigenvalue weighted by molar-refractivity contribution is -0.0272. The van der Waals surface area contributed by atoms with E-state index in [1.807, 2.05) is 32.9 Å². The van der Waals surface area contributed by atoms with E-state index in [0.29, 0.717) is 5.82 Å². The first-order valence-electron chi connectivity index (χ1n) is 11.9. The molecule has 2 atom stereocenters. The van der Waals surface area contributed by atoms with Gasteiger partial charge in [-0.05, 0) is 57.9 Å². The predicted molar refractivity (Wildman–Crippen MR) is 138 cm³/mol. The lowest BCUT2D eigenvalue weighted by Crippen LogP contribution is -2.48. The van der Waals surface area contributed by atoms with Gasteiger partial charge in [0.2, 0.25) is 5.60 Å². The molecule has 0 bridgehead atoms. The summed E-state index contributed by atoms with van der Waals surface area (Å²) in [6, 6.07) is 5.11. The average molecular weight is 490 g/mol. The van der Waals surface area contributed by atoms with Crippen LogP contribution < -0.4 is 21.7 Å². The maximum atomic E-state index is 13.3. The highest BCUT2D eigenvalue weighted by molar-refractivity contribution is 6.06. The van der Waals surface area contributed by atoms with E-state index >= 15 is 0 Å². The van der Waals surface area contributed by atoms with E-state index in [4.69, 9.17) is 16.2 Å². The topological polar surface area (TPSA) is 168 Å². The maximum absolute atomic E-state index is 13.3. The van der Waals surface area contributed by atoms with Gasteiger partial charge in [-0.3, -0.25) is 9.79 Å². The number of hydrogen-bond donors (Lipinski definition) is 3. The van der Waals surface area contributed by atoms with Gasteiger partial charge in [-0.1, -0.05) is 0 Å². The van der Waals surface area contributed by atoms with Crippen LogP contribution in [-0.4, -0.2) is 57.4 Å². The quantitative estimate of drug-likeness (QED) is 0.551. The molecule has 1 amide bonds. The summed E-state index contributed by atoms with van der Waals surface area (Å²) in [5.41, 5.74) is 11.7. The molecule has 1 fully saturated rings. The number of amides is 1. The van der Waals surface area contributed by atoms with Gasteiger partial charge >= 0.3 is 0 Å². The first-order valence-corrected chi connectivity index (χ1v) is 11.9. The van der Waals surface area contributed by atoms with Crippen molar-refractivity contribution in [2.24, 2.45) is 10.7 Å². The van der Waals surface area contributed by atoms with Gasteiger partial charge in [-0.25, -0.2) is 15.0 Å². The molecule has 2 aliphatic heterocycles. The number of piperidine rings is 1. The number of pyridine rings is 1. The van der Waals surface area contributed by atoms with Crippen molar-refractivity contribution in [1.82, 2.24) is 15.0 Å². The Morgan fingerprint density at radius 1 is 1.33 bits per heavy atom. The van der Waals surface area contributed by atoms with Gasteiger partial charge in [0.25, 0.3) is 5.91 Å². The molecule has 11 heteroatoms. The maximum Gasteiger partial charge on any atom is 0.279 e. The fourth-order valence-corrected chi connectivity index (χ4v) is 4.32. The van der Waals surface area contributed by atoms with Gasteiger partial charge in [0.15, 0.2) is 17.3 Å². The molecular weight excluding hydrogens is 458 g/mol. The lowest BCUT2D eigenvalue weighted by Gasteiger charge is -2.38.